The van der Waals surface area contributed by atoms with Crippen molar-refractivity contribution in [1.82, 2.24) is 0 Å². The minimum atomic E-state index is 0.765. The van der Waals surface area contributed by atoms with Crippen LogP contribution in [0, 0.1) is 47.3 Å². The summed E-state index contributed by atoms with van der Waals surface area (Å²) in [5.41, 5.74) is 3.30. The van der Waals surface area contributed by atoms with E-state index in [-0.39, 0.29) is 0 Å². The number of rotatable bonds is 8. The second-order valence-corrected chi connectivity index (χ2v) is 11.6. The Hall–Kier alpha value is -0.520. The second-order valence-electron chi connectivity index (χ2n) is 11.6. The van der Waals surface area contributed by atoms with E-state index in [1.807, 2.05) is 0 Å². The van der Waals surface area contributed by atoms with Gasteiger partial charge in [-0.25, -0.2) is 0 Å². The molecule has 0 aliphatic heterocycles. The minimum Gasteiger partial charge on any atom is -0.0993 e. The van der Waals surface area contributed by atoms with Gasteiger partial charge in [-0.2, -0.15) is 0 Å². The van der Waals surface area contributed by atoms with Gasteiger partial charge in [0.15, 0.2) is 0 Å². The Morgan fingerprint density at radius 3 is 1.43 bits per heavy atom. The highest BCUT2D eigenvalue weighted by molar-refractivity contribution is 5.28. The van der Waals surface area contributed by atoms with Gasteiger partial charge >= 0.3 is 0 Å². The van der Waals surface area contributed by atoms with Crippen molar-refractivity contribution in [2.75, 3.05) is 0 Å². The van der Waals surface area contributed by atoms with E-state index in [0.29, 0.717) is 0 Å². The van der Waals surface area contributed by atoms with Gasteiger partial charge in [0.25, 0.3) is 0 Å². The van der Waals surface area contributed by atoms with Crippen molar-refractivity contribution in [2.45, 2.75) is 105 Å². The summed E-state index contributed by atoms with van der Waals surface area (Å²) in [4.78, 5) is 0. The van der Waals surface area contributed by atoms with Crippen LogP contribution in [0.1, 0.15) is 105 Å². The molecule has 0 nitrogen and oxygen atoms in total. The van der Waals surface area contributed by atoms with Gasteiger partial charge < -0.3 is 0 Å². The molecule has 0 aromatic heterocycles. The quantitative estimate of drug-likeness (QED) is 0.367. The van der Waals surface area contributed by atoms with E-state index in [4.69, 9.17) is 13.2 Å². The summed E-state index contributed by atoms with van der Waals surface area (Å²) in [7, 11) is 0. The second kappa shape index (κ2) is 9.99. The van der Waals surface area contributed by atoms with Gasteiger partial charge in [0, 0.05) is 0 Å². The summed E-state index contributed by atoms with van der Waals surface area (Å²) in [6, 6.07) is 0. The van der Waals surface area contributed by atoms with Crippen molar-refractivity contribution in [1.29, 1.82) is 0 Å². The maximum Gasteiger partial charge on any atom is -0.0135 e. The Morgan fingerprint density at radius 1 is 0.643 bits per heavy atom. The van der Waals surface area contributed by atoms with Gasteiger partial charge in [-0.3, -0.25) is 0 Å². The first kappa shape index (κ1) is 22.2. The Balaban J connectivity index is 1.57. The monoisotopic (exact) mass is 384 g/mol. The summed E-state index contributed by atoms with van der Waals surface area (Å²) in [6.45, 7) is 18.9. The Labute approximate surface area is 176 Å². The highest BCUT2D eigenvalue weighted by Crippen LogP contribution is 2.56. The Morgan fingerprint density at radius 2 is 1.04 bits per heavy atom. The predicted octanol–water partition coefficient (Wildman–Crippen LogP) is 8.83. The maximum atomic E-state index is 4.76. The highest BCUT2D eigenvalue weighted by Gasteiger charge is 2.46. The van der Waals surface area contributed by atoms with Gasteiger partial charge in [-0.15, -0.1) is 0 Å². The van der Waals surface area contributed by atoms with Crippen molar-refractivity contribution >= 4 is 0 Å². The summed E-state index contributed by atoms with van der Waals surface area (Å²) in [6.07, 6.45) is 17.1. The molecule has 0 amide bonds. The fraction of sp³-hybridized carbons (Fsp3) is 0.857. The Kier molecular flexibility index (Phi) is 7.91. The average molecular weight is 385 g/mol. The van der Waals surface area contributed by atoms with Crippen LogP contribution in [0.5, 0.6) is 0 Å². The summed E-state index contributed by atoms with van der Waals surface area (Å²) in [5.74, 6) is 6.69. The van der Waals surface area contributed by atoms with Crippen molar-refractivity contribution in [3.63, 3.8) is 0 Å². The van der Waals surface area contributed by atoms with Gasteiger partial charge in [-0.1, -0.05) is 90.5 Å². The fourth-order valence-corrected chi connectivity index (χ4v) is 6.93. The number of allylic oxidation sites excluding steroid dienone is 2. The van der Waals surface area contributed by atoms with Crippen molar-refractivity contribution in [3.05, 3.63) is 24.3 Å². The molecule has 160 valence electrons. The van der Waals surface area contributed by atoms with Crippen LogP contribution >= 0.6 is 0 Å². The predicted molar refractivity (Wildman–Crippen MR) is 124 cm³/mol. The lowest BCUT2D eigenvalue weighted by Crippen LogP contribution is -2.42. The van der Waals surface area contributed by atoms with Crippen molar-refractivity contribution < 1.29 is 0 Å². The van der Waals surface area contributed by atoms with Crippen LogP contribution in [0.2, 0.25) is 0 Å². The van der Waals surface area contributed by atoms with Crippen LogP contribution in [0.4, 0.5) is 0 Å². The van der Waals surface area contributed by atoms with E-state index in [2.05, 4.69) is 27.7 Å². The summed E-state index contributed by atoms with van der Waals surface area (Å²) in [5, 5.41) is 0. The third-order valence-corrected chi connectivity index (χ3v) is 8.61. The van der Waals surface area contributed by atoms with Gasteiger partial charge in [0.05, 0.1) is 0 Å². The zero-order chi connectivity index (χ0) is 20.3. The number of hydrogen-bond donors (Lipinski definition) is 0. The molecule has 0 radical (unpaired) electrons. The molecule has 6 atom stereocenters. The summed E-state index contributed by atoms with van der Waals surface area (Å²) >= 11 is 0. The van der Waals surface area contributed by atoms with Crippen LogP contribution in [0.25, 0.3) is 0 Å². The van der Waals surface area contributed by atoms with Crippen LogP contribution < -0.4 is 0 Å². The lowest BCUT2D eigenvalue weighted by Gasteiger charge is -2.52. The van der Waals surface area contributed by atoms with Gasteiger partial charge in [-0.05, 0) is 85.9 Å². The third-order valence-electron chi connectivity index (χ3n) is 8.61. The normalized spacial score (nSPS) is 35.9. The molecule has 3 rings (SSSR count). The largest absolute Gasteiger partial charge is 0.0993 e. The van der Waals surface area contributed by atoms with Crippen LogP contribution in [-0.2, 0) is 0 Å². The smallest absolute Gasteiger partial charge is 0.0135 e. The molecular weight excluding hydrogens is 336 g/mol. The van der Waals surface area contributed by atoms with Crippen molar-refractivity contribution in [2.24, 2.45) is 47.3 Å². The first-order valence-corrected chi connectivity index (χ1v) is 12.7. The molecule has 3 saturated carbocycles. The number of fused-ring (bicyclic) bond motifs is 2. The molecular formula is C28H48. The Bertz CT molecular complexity index is 480. The zero-order valence-corrected chi connectivity index (χ0v) is 19.5. The first-order valence-electron chi connectivity index (χ1n) is 12.7. The molecule has 3 aliphatic rings. The lowest BCUT2D eigenvalue weighted by atomic mass is 9.53. The van der Waals surface area contributed by atoms with E-state index < -0.39 is 0 Å². The zero-order valence-electron chi connectivity index (χ0n) is 19.5. The van der Waals surface area contributed by atoms with E-state index in [1.54, 1.807) is 11.1 Å². The molecule has 0 heterocycles. The van der Waals surface area contributed by atoms with Crippen LogP contribution in [0.15, 0.2) is 24.3 Å². The SMILES string of the molecule is C=C1C2CCC(CCCC(C)C)CC2C(=C)C2CC(CCCC(C)C)CCC12. The van der Waals surface area contributed by atoms with Gasteiger partial charge in [0.1, 0.15) is 0 Å². The third kappa shape index (κ3) is 5.34. The molecule has 0 aromatic rings. The molecule has 0 spiro atoms. The molecule has 0 bridgehead atoms. The fourth-order valence-electron chi connectivity index (χ4n) is 6.93. The maximum absolute atomic E-state index is 4.76. The molecule has 0 saturated heterocycles. The van der Waals surface area contributed by atoms with Crippen molar-refractivity contribution in [3.8, 4) is 0 Å². The standard InChI is InChI=1S/C28H48/c1-19(2)9-7-11-23-13-15-25-21(5)26-16-14-24(12-8-10-20(3)4)18-28(26)22(6)27(25)17-23/h19-20,23-28H,5-18H2,1-4H3. The van der Waals surface area contributed by atoms with Gasteiger partial charge in [0.2, 0.25) is 0 Å². The average Bonchev–Trinajstić information content (AvgIpc) is 2.65. The molecule has 28 heavy (non-hydrogen) atoms. The van der Waals surface area contributed by atoms with Crippen LogP contribution in [-0.4, -0.2) is 0 Å². The topological polar surface area (TPSA) is 0 Å². The van der Waals surface area contributed by atoms with Crippen LogP contribution in [0.3, 0.4) is 0 Å². The minimum absolute atomic E-state index is 0.765. The molecule has 3 aliphatic carbocycles. The van der Waals surface area contributed by atoms with E-state index in [1.165, 1.54) is 77.0 Å². The lowest BCUT2D eigenvalue weighted by molar-refractivity contribution is 0.118. The van der Waals surface area contributed by atoms with E-state index >= 15 is 0 Å². The molecule has 0 aromatic carbocycles. The summed E-state index contributed by atoms with van der Waals surface area (Å²) < 4.78 is 0. The molecule has 0 N–H and O–H groups in total. The first-order chi connectivity index (χ1) is 13.4. The van der Waals surface area contributed by atoms with E-state index in [0.717, 1.165) is 47.3 Å². The van der Waals surface area contributed by atoms with E-state index in [9.17, 15) is 0 Å². The number of hydrogen-bond acceptors (Lipinski definition) is 0. The molecule has 6 unspecified atom stereocenters. The highest BCUT2D eigenvalue weighted by atomic mass is 14.5. The molecule has 3 fully saturated rings. The molecule has 0 heteroatoms.